The van der Waals surface area contributed by atoms with Crippen molar-refractivity contribution in [1.29, 1.82) is 0 Å². The van der Waals surface area contributed by atoms with E-state index in [1.54, 1.807) is 6.07 Å². The molecular weight excluding hydrogens is 237 g/mol. The number of phenols is 1. The zero-order valence-electron chi connectivity index (χ0n) is 9.95. The molecule has 1 saturated carbocycles. The molecule has 0 bridgehead atoms. The summed E-state index contributed by atoms with van der Waals surface area (Å²) in [5.41, 5.74) is 0.882. The first-order chi connectivity index (χ1) is 8.20. The van der Waals surface area contributed by atoms with Gasteiger partial charge in [-0.05, 0) is 36.8 Å². The normalized spacial score (nSPS) is 24.1. The molecule has 0 amide bonds. The molecule has 2 N–H and O–H groups in total. The molecule has 2 unspecified atom stereocenters. The molecule has 1 aromatic rings. The monoisotopic (exact) mass is 255 g/mol. The Bertz CT molecular complexity index is 386. The highest BCUT2D eigenvalue weighted by Crippen LogP contribution is 2.28. The van der Waals surface area contributed by atoms with Crippen molar-refractivity contribution >= 4 is 11.8 Å². The van der Waals surface area contributed by atoms with Crippen LogP contribution in [0.15, 0.2) is 18.2 Å². The van der Waals surface area contributed by atoms with Crippen LogP contribution in [-0.4, -0.2) is 22.7 Å². The lowest BCUT2D eigenvalue weighted by Crippen LogP contribution is -2.33. The molecule has 1 aliphatic carbocycles. The van der Waals surface area contributed by atoms with Crippen molar-refractivity contribution in [3.05, 3.63) is 29.6 Å². The Morgan fingerprint density at radius 2 is 2.29 bits per heavy atom. The molecule has 0 heterocycles. The Hall–Kier alpha value is -0.740. The minimum absolute atomic E-state index is 0.281. The lowest BCUT2D eigenvalue weighted by molar-refractivity contribution is 0.431. The highest BCUT2D eigenvalue weighted by Gasteiger charge is 2.25. The van der Waals surface area contributed by atoms with Gasteiger partial charge in [-0.15, -0.1) is 0 Å². The second-order valence-corrected chi connectivity index (χ2v) is 5.56. The Balaban J connectivity index is 1.91. The molecule has 0 aromatic heterocycles. The maximum atomic E-state index is 13.1. The van der Waals surface area contributed by atoms with Gasteiger partial charge in [0.1, 0.15) is 0 Å². The van der Waals surface area contributed by atoms with Crippen LogP contribution < -0.4 is 5.32 Å². The maximum Gasteiger partial charge on any atom is 0.165 e. The second-order valence-electron chi connectivity index (χ2n) is 4.48. The third kappa shape index (κ3) is 3.13. The van der Waals surface area contributed by atoms with E-state index in [1.165, 1.54) is 31.4 Å². The van der Waals surface area contributed by atoms with E-state index in [9.17, 15) is 4.39 Å². The summed E-state index contributed by atoms with van der Waals surface area (Å²) in [7, 11) is 0. The largest absolute Gasteiger partial charge is 0.505 e. The molecule has 0 radical (unpaired) electrons. The van der Waals surface area contributed by atoms with Gasteiger partial charge in [0.15, 0.2) is 11.6 Å². The molecule has 17 heavy (non-hydrogen) atoms. The van der Waals surface area contributed by atoms with E-state index < -0.39 is 5.82 Å². The van der Waals surface area contributed by atoms with Gasteiger partial charge in [0.2, 0.25) is 0 Å². The third-order valence-electron chi connectivity index (χ3n) is 3.34. The number of rotatable bonds is 4. The summed E-state index contributed by atoms with van der Waals surface area (Å²) in [6, 6.07) is 5.09. The molecular formula is C13H18FNOS. The van der Waals surface area contributed by atoms with Crippen molar-refractivity contribution < 1.29 is 9.50 Å². The average Bonchev–Trinajstić information content (AvgIpc) is 2.78. The van der Waals surface area contributed by atoms with Gasteiger partial charge in [0, 0.05) is 17.8 Å². The Morgan fingerprint density at radius 1 is 1.47 bits per heavy atom. The minimum Gasteiger partial charge on any atom is -0.505 e. The molecule has 4 heteroatoms. The van der Waals surface area contributed by atoms with E-state index in [1.807, 2.05) is 11.8 Å². The van der Waals surface area contributed by atoms with Crippen molar-refractivity contribution in [2.24, 2.45) is 0 Å². The first-order valence-corrected chi connectivity index (χ1v) is 7.23. The van der Waals surface area contributed by atoms with Gasteiger partial charge in [-0.3, -0.25) is 0 Å². The lowest BCUT2D eigenvalue weighted by atomic mass is 10.2. The third-order valence-corrected chi connectivity index (χ3v) is 4.51. The zero-order valence-corrected chi connectivity index (χ0v) is 10.8. The number of hydrogen-bond donors (Lipinski definition) is 2. The van der Waals surface area contributed by atoms with Crippen LogP contribution in [0.5, 0.6) is 5.75 Å². The quantitative estimate of drug-likeness (QED) is 0.867. The predicted octanol–water partition coefficient (Wildman–Crippen LogP) is 2.91. The first kappa shape index (κ1) is 12.7. The van der Waals surface area contributed by atoms with Crippen molar-refractivity contribution in [2.45, 2.75) is 37.1 Å². The molecule has 2 atom stereocenters. The SMILES string of the molecule is CSC1CCCC1NCc1ccc(O)c(F)c1. The Morgan fingerprint density at radius 3 is 3.00 bits per heavy atom. The van der Waals surface area contributed by atoms with Gasteiger partial charge in [-0.1, -0.05) is 12.5 Å². The molecule has 0 aliphatic heterocycles. The Labute approximate surface area is 106 Å². The summed E-state index contributed by atoms with van der Waals surface area (Å²) >= 11 is 1.90. The van der Waals surface area contributed by atoms with Crippen molar-refractivity contribution in [2.75, 3.05) is 6.26 Å². The minimum atomic E-state index is -0.544. The van der Waals surface area contributed by atoms with Crippen LogP contribution in [0.1, 0.15) is 24.8 Å². The fourth-order valence-electron chi connectivity index (χ4n) is 2.35. The van der Waals surface area contributed by atoms with E-state index in [0.29, 0.717) is 17.8 Å². The summed E-state index contributed by atoms with van der Waals surface area (Å²) in [5, 5.41) is 13.3. The molecule has 0 saturated heterocycles. The van der Waals surface area contributed by atoms with Gasteiger partial charge in [0.05, 0.1) is 0 Å². The van der Waals surface area contributed by atoms with Crippen LogP contribution in [0.4, 0.5) is 4.39 Å². The fraction of sp³-hybridized carbons (Fsp3) is 0.538. The summed E-state index contributed by atoms with van der Waals surface area (Å²) < 4.78 is 13.1. The Kier molecular flexibility index (Phi) is 4.29. The van der Waals surface area contributed by atoms with Crippen LogP contribution in [0, 0.1) is 5.82 Å². The van der Waals surface area contributed by atoms with Gasteiger partial charge >= 0.3 is 0 Å². The molecule has 1 aliphatic rings. The van der Waals surface area contributed by atoms with Crippen molar-refractivity contribution in [1.82, 2.24) is 5.32 Å². The summed E-state index contributed by atoms with van der Waals surface area (Å²) in [4.78, 5) is 0. The van der Waals surface area contributed by atoms with Crippen LogP contribution in [0.3, 0.4) is 0 Å². The number of phenolic OH excluding ortho intramolecular Hbond substituents is 1. The summed E-state index contributed by atoms with van der Waals surface area (Å²) in [6.07, 6.45) is 5.88. The maximum absolute atomic E-state index is 13.1. The number of halogens is 1. The molecule has 0 spiro atoms. The van der Waals surface area contributed by atoms with Gasteiger partial charge < -0.3 is 10.4 Å². The van der Waals surface area contributed by atoms with Crippen molar-refractivity contribution in [3.63, 3.8) is 0 Å². The van der Waals surface area contributed by atoms with E-state index in [-0.39, 0.29) is 5.75 Å². The summed E-state index contributed by atoms with van der Waals surface area (Å²) in [5.74, 6) is -0.825. The van der Waals surface area contributed by atoms with Gasteiger partial charge in [-0.25, -0.2) is 4.39 Å². The first-order valence-electron chi connectivity index (χ1n) is 5.94. The molecule has 2 nitrogen and oxygen atoms in total. The predicted molar refractivity (Wildman–Crippen MR) is 69.8 cm³/mol. The smallest absolute Gasteiger partial charge is 0.165 e. The van der Waals surface area contributed by atoms with Crippen LogP contribution in [-0.2, 0) is 6.54 Å². The van der Waals surface area contributed by atoms with E-state index in [0.717, 1.165) is 5.56 Å². The van der Waals surface area contributed by atoms with Gasteiger partial charge in [-0.2, -0.15) is 11.8 Å². The highest BCUT2D eigenvalue weighted by molar-refractivity contribution is 7.99. The number of thioether (sulfide) groups is 1. The van der Waals surface area contributed by atoms with Crippen LogP contribution in [0.2, 0.25) is 0 Å². The molecule has 1 aromatic carbocycles. The van der Waals surface area contributed by atoms with Crippen molar-refractivity contribution in [3.8, 4) is 5.75 Å². The van der Waals surface area contributed by atoms with E-state index in [4.69, 9.17) is 5.11 Å². The van der Waals surface area contributed by atoms with E-state index >= 15 is 0 Å². The number of hydrogen-bond acceptors (Lipinski definition) is 3. The lowest BCUT2D eigenvalue weighted by Gasteiger charge is -2.19. The van der Waals surface area contributed by atoms with Gasteiger partial charge in [0.25, 0.3) is 0 Å². The van der Waals surface area contributed by atoms with Crippen LogP contribution >= 0.6 is 11.8 Å². The van der Waals surface area contributed by atoms with Crippen LogP contribution in [0.25, 0.3) is 0 Å². The average molecular weight is 255 g/mol. The molecule has 94 valence electrons. The summed E-state index contributed by atoms with van der Waals surface area (Å²) in [6.45, 7) is 0.666. The van der Waals surface area contributed by atoms with E-state index in [2.05, 4.69) is 11.6 Å². The zero-order chi connectivity index (χ0) is 12.3. The molecule has 2 rings (SSSR count). The number of benzene rings is 1. The highest BCUT2D eigenvalue weighted by atomic mass is 32.2. The topological polar surface area (TPSA) is 32.3 Å². The standard InChI is InChI=1S/C13H18FNOS/c1-17-13-4-2-3-11(13)15-8-9-5-6-12(16)10(14)7-9/h5-7,11,13,15-16H,2-4,8H2,1H3. The fourth-order valence-corrected chi connectivity index (χ4v) is 3.31. The second kappa shape index (κ2) is 5.74. The number of nitrogens with one attached hydrogen (secondary N) is 1. The number of aromatic hydroxyl groups is 1. The molecule has 1 fully saturated rings.